The molecule has 0 aliphatic carbocycles. The predicted octanol–water partition coefficient (Wildman–Crippen LogP) is 6.59. The van der Waals surface area contributed by atoms with Gasteiger partial charge in [0.2, 0.25) is 0 Å². The highest BCUT2D eigenvalue weighted by Crippen LogP contribution is 2.41. The Balaban J connectivity index is 1.60. The summed E-state index contributed by atoms with van der Waals surface area (Å²) in [5.74, 6) is -0.329. The summed E-state index contributed by atoms with van der Waals surface area (Å²) in [7, 11) is 0. The van der Waals surface area contributed by atoms with Crippen LogP contribution in [0.5, 0.6) is 0 Å². The molecule has 35 heavy (non-hydrogen) atoms. The quantitative estimate of drug-likeness (QED) is 0.378. The molecule has 1 fully saturated rings. The summed E-state index contributed by atoms with van der Waals surface area (Å²) >= 11 is 0. The van der Waals surface area contributed by atoms with Crippen molar-refractivity contribution in [2.24, 2.45) is 5.92 Å². The lowest BCUT2D eigenvalue weighted by Crippen LogP contribution is -2.48. The molecule has 1 saturated heterocycles. The van der Waals surface area contributed by atoms with Gasteiger partial charge in [-0.05, 0) is 43.9 Å². The number of benzene rings is 3. The van der Waals surface area contributed by atoms with E-state index in [-0.39, 0.29) is 19.1 Å². The van der Waals surface area contributed by atoms with Crippen LogP contribution in [0.2, 0.25) is 0 Å². The van der Waals surface area contributed by atoms with Crippen LogP contribution in [0.4, 0.5) is 9.18 Å². The van der Waals surface area contributed by atoms with Crippen molar-refractivity contribution in [2.75, 3.05) is 19.7 Å². The van der Waals surface area contributed by atoms with Gasteiger partial charge in [-0.1, -0.05) is 91.0 Å². The number of ether oxygens (including phenoxy) is 2. The summed E-state index contributed by atoms with van der Waals surface area (Å²) in [6.45, 7) is 6.12. The van der Waals surface area contributed by atoms with Crippen molar-refractivity contribution in [3.05, 3.63) is 108 Å². The second-order valence-electron chi connectivity index (χ2n) is 10.1. The first-order valence-electron chi connectivity index (χ1n) is 12.2. The molecular weight excluding hydrogens is 441 g/mol. The number of hydrogen-bond donors (Lipinski definition) is 0. The van der Waals surface area contributed by atoms with E-state index in [1.165, 1.54) is 4.90 Å². The smallest absolute Gasteiger partial charge is 0.410 e. The number of carbonyl (C=O) groups is 1. The summed E-state index contributed by atoms with van der Waals surface area (Å²) in [5.41, 5.74) is 1.46. The van der Waals surface area contributed by atoms with Crippen LogP contribution in [0, 0.1) is 5.92 Å². The maximum atomic E-state index is 15.3. The normalized spacial score (nSPS) is 18.8. The molecule has 0 N–H and O–H groups in total. The lowest BCUT2D eigenvalue weighted by Gasteiger charge is -2.40. The van der Waals surface area contributed by atoms with Crippen molar-refractivity contribution >= 4 is 6.09 Å². The van der Waals surface area contributed by atoms with Crippen LogP contribution in [0.3, 0.4) is 0 Å². The molecule has 1 aliphatic heterocycles. The molecule has 0 unspecified atom stereocenters. The van der Waals surface area contributed by atoms with Gasteiger partial charge in [0.25, 0.3) is 0 Å². The monoisotopic (exact) mass is 475 g/mol. The van der Waals surface area contributed by atoms with Gasteiger partial charge in [0.05, 0.1) is 13.2 Å². The van der Waals surface area contributed by atoms with Crippen LogP contribution in [0.25, 0.3) is 0 Å². The Kier molecular flexibility index (Phi) is 7.56. The van der Waals surface area contributed by atoms with Gasteiger partial charge in [-0.2, -0.15) is 0 Å². The van der Waals surface area contributed by atoms with Crippen LogP contribution in [0.1, 0.15) is 43.9 Å². The van der Waals surface area contributed by atoms with Crippen molar-refractivity contribution in [1.82, 2.24) is 4.90 Å². The van der Waals surface area contributed by atoms with E-state index in [1.54, 1.807) is 0 Å². The number of carbonyl (C=O) groups excluding carboxylic acids is 1. The van der Waals surface area contributed by atoms with E-state index in [0.717, 1.165) is 16.7 Å². The van der Waals surface area contributed by atoms with Gasteiger partial charge in [-0.25, -0.2) is 9.18 Å². The van der Waals surface area contributed by atoms with Gasteiger partial charge in [0, 0.05) is 12.5 Å². The Hall–Kier alpha value is -3.18. The fourth-order valence-corrected chi connectivity index (χ4v) is 4.63. The summed E-state index contributed by atoms with van der Waals surface area (Å²) in [4.78, 5) is 13.9. The number of rotatable bonds is 6. The van der Waals surface area contributed by atoms with E-state index in [9.17, 15) is 4.79 Å². The minimum Gasteiger partial charge on any atom is -0.444 e. The molecule has 1 amide bonds. The molecule has 3 aromatic rings. The van der Waals surface area contributed by atoms with Gasteiger partial charge in [-0.15, -0.1) is 0 Å². The summed E-state index contributed by atoms with van der Waals surface area (Å²) in [6, 6.07) is 30.2. The number of halogens is 1. The van der Waals surface area contributed by atoms with Crippen molar-refractivity contribution in [1.29, 1.82) is 0 Å². The van der Waals surface area contributed by atoms with E-state index in [4.69, 9.17) is 9.47 Å². The molecule has 2 atom stereocenters. The lowest BCUT2D eigenvalue weighted by atomic mass is 9.80. The van der Waals surface area contributed by atoms with E-state index >= 15 is 4.39 Å². The van der Waals surface area contributed by atoms with E-state index in [0.29, 0.717) is 13.0 Å². The number of hydrogen-bond acceptors (Lipinski definition) is 3. The third kappa shape index (κ3) is 5.73. The maximum absolute atomic E-state index is 15.3. The Morgan fingerprint density at radius 3 is 1.71 bits per heavy atom. The largest absolute Gasteiger partial charge is 0.444 e. The summed E-state index contributed by atoms with van der Waals surface area (Å²) in [5, 5.41) is 0. The average molecular weight is 476 g/mol. The molecular formula is C30H34FNO3. The van der Waals surface area contributed by atoms with Crippen LogP contribution in [-0.4, -0.2) is 42.5 Å². The highest BCUT2D eigenvalue weighted by atomic mass is 19.1. The topological polar surface area (TPSA) is 38.8 Å². The number of likely N-dealkylation sites (tertiary alicyclic amines) is 1. The van der Waals surface area contributed by atoms with Crippen molar-refractivity contribution < 1.29 is 18.7 Å². The standard InChI is InChI=1S/C30H34FNO3/c1-29(2,3)35-28(33)32-20-19-23(27(31)21-32)22-34-30(24-13-7-4-8-14-24,25-15-9-5-10-16-25)26-17-11-6-12-18-26/h4-18,23,27H,19-22H2,1-3H3/t23-,27-/m1/s1. The van der Waals surface area contributed by atoms with Gasteiger partial charge in [0.15, 0.2) is 0 Å². The molecule has 4 rings (SSSR count). The highest BCUT2D eigenvalue weighted by molar-refractivity contribution is 5.68. The predicted molar refractivity (Wildman–Crippen MR) is 136 cm³/mol. The third-order valence-corrected chi connectivity index (χ3v) is 6.38. The minimum atomic E-state index is -1.20. The molecule has 0 aromatic heterocycles. The van der Waals surface area contributed by atoms with Crippen LogP contribution in [0.15, 0.2) is 91.0 Å². The first kappa shape index (κ1) is 24.9. The molecule has 3 aromatic carbocycles. The molecule has 5 heteroatoms. The Bertz CT molecular complexity index is 986. The molecule has 0 bridgehead atoms. The van der Waals surface area contributed by atoms with Crippen LogP contribution < -0.4 is 0 Å². The molecule has 4 nitrogen and oxygen atoms in total. The fraction of sp³-hybridized carbons (Fsp3) is 0.367. The molecule has 1 heterocycles. The number of nitrogens with zero attached hydrogens (tertiary/aromatic N) is 1. The highest BCUT2D eigenvalue weighted by Gasteiger charge is 2.40. The molecule has 0 spiro atoms. The van der Waals surface area contributed by atoms with Gasteiger partial charge in [-0.3, -0.25) is 0 Å². The lowest BCUT2D eigenvalue weighted by molar-refractivity contribution is -0.0464. The summed E-state index contributed by atoms with van der Waals surface area (Å²) in [6.07, 6.45) is -1.16. The maximum Gasteiger partial charge on any atom is 0.410 e. The molecule has 184 valence electrons. The van der Waals surface area contributed by atoms with Crippen molar-refractivity contribution in [3.8, 4) is 0 Å². The molecule has 0 radical (unpaired) electrons. The zero-order chi connectivity index (χ0) is 24.9. The second kappa shape index (κ2) is 10.6. The third-order valence-electron chi connectivity index (χ3n) is 6.38. The first-order valence-corrected chi connectivity index (χ1v) is 12.2. The molecule has 1 aliphatic rings. The van der Waals surface area contributed by atoms with E-state index in [1.807, 2.05) is 75.4 Å². The van der Waals surface area contributed by atoms with Gasteiger partial charge in [0.1, 0.15) is 17.4 Å². The first-order chi connectivity index (χ1) is 16.8. The molecule has 0 saturated carbocycles. The Morgan fingerprint density at radius 2 is 1.31 bits per heavy atom. The Labute approximate surface area is 207 Å². The Morgan fingerprint density at radius 1 is 0.857 bits per heavy atom. The van der Waals surface area contributed by atoms with E-state index in [2.05, 4.69) is 36.4 Å². The average Bonchev–Trinajstić information content (AvgIpc) is 2.86. The number of piperidine rings is 1. The fourth-order valence-electron chi connectivity index (χ4n) is 4.63. The number of alkyl halides is 1. The second-order valence-corrected chi connectivity index (χ2v) is 10.1. The van der Waals surface area contributed by atoms with E-state index < -0.39 is 23.5 Å². The van der Waals surface area contributed by atoms with Crippen molar-refractivity contribution in [3.63, 3.8) is 0 Å². The zero-order valence-electron chi connectivity index (χ0n) is 20.7. The van der Waals surface area contributed by atoms with Crippen molar-refractivity contribution in [2.45, 2.75) is 44.6 Å². The van der Waals surface area contributed by atoms with Crippen LogP contribution >= 0.6 is 0 Å². The SMILES string of the molecule is CC(C)(C)OC(=O)N1CC[C@H](COC(c2ccccc2)(c2ccccc2)c2ccccc2)[C@H](F)C1. The van der Waals surface area contributed by atoms with Crippen LogP contribution in [-0.2, 0) is 15.1 Å². The van der Waals surface area contributed by atoms with Gasteiger partial charge >= 0.3 is 6.09 Å². The minimum absolute atomic E-state index is 0.0119. The number of amides is 1. The van der Waals surface area contributed by atoms with Gasteiger partial charge < -0.3 is 14.4 Å². The summed E-state index contributed by atoms with van der Waals surface area (Å²) < 4.78 is 27.6. The zero-order valence-corrected chi connectivity index (χ0v) is 20.7.